The van der Waals surface area contributed by atoms with E-state index in [-0.39, 0.29) is 0 Å². The van der Waals surface area contributed by atoms with Crippen molar-refractivity contribution in [3.63, 3.8) is 0 Å². The number of aromatic nitrogens is 1. The number of nitrogens with two attached hydrogens (primary N) is 1. The molecule has 0 aliphatic carbocycles. The van der Waals surface area contributed by atoms with Gasteiger partial charge >= 0.3 is 5.97 Å². The first kappa shape index (κ1) is 11.3. The summed E-state index contributed by atoms with van der Waals surface area (Å²) in [5, 5.41) is 9.16. The Morgan fingerprint density at radius 3 is 2.76 bits per heavy atom. The van der Waals surface area contributed by atoms with Crippen molar-refractivity contribution in [2.45, 2.75) is 13.5 Å². The second kappa shape index (κ2) is 4.33. The van der Waals surface area contributed by atoms with Gasteiger partial charge in [-0.25, -0.2) is 4.79 Å². The van der Waals surface area contributed by atoms with Crippen LogP contribution >= 0.6 is 0 Å². The van der Waals surface area contributed by atoms with Crippen molar-refractivity contribution in [3.8, 4) is 11.1 Å². The van der Waals surface area contributed by atoms with Crippen LogP contribution in [-0.2, 0) is 6.54 Å². The maximum absolute atomic E-state index is 11.2. The summed E-state index contributed by atoms with van der Waals surface area (Å²) in [6.45, 7) is 2.71. The molecule has 88 valence electrons. The van der Waals surface area contributed by atoms with Gasteiger partial charge in [-0.2, -0.15) is 0 Å². The molecule has 0 fully saturated rings. The Morgan fingerprint density at radius 1 is 1.41 bits per heavy atom. The van der Waals surface area contributed by atoms with Gasteiger partial charge in [0.05, 0.1) is 5.56 Å². The van der Waals surface area contributed by atoms with E-state index in [1.54, 1.807) is 18.3 Å². The summed E-state index contributed by atoms with van der Waals surface area (Å²) in [5.41, 5.74) is 8.17. The highest BCUT2D eigenvalue weighted by Crippen LogP contribution is 2.26. The smallest absolute Gasteiger partial charge is 0.337 e. The predicted molar refractivity (Wildman–Crippen MR) is 66.9 cm³/mol. The van der Waals surface area contributed by atoms with Gasteiger partial charge in [0.1, 0.15) is 0 Å². The highest BCUT2D eigenvalue weighted by molar-refractivity contribution is 5.96. The van der Waals surface area contributed by atoms with Crippen LogP contribution in [0.4, 0.5) is 5.69 Å². The minimum Gasteiger partial charge on any atom is -0.478 e. The van der Waals surface area contributed by atoms with E-state index in [2.05, 4.69) is 0 Å². The van der Waals surface area contributed by atoms with Crippen LogP contribution in [0.2, 0.25) is 0 Å². The lowest BCUT2D eigenvalue weighted by Crippen LogP contribution is -1.96. The van der Waals surface area contributed by atoms with E-state index in [4.69, 9.17) is 10.8 Å². The van der Waals surface area contributed by atoms with Gasteiger partial charge in [-0.3, -0.25) is 0 Å². The summed E-state index contributed by atoms with van der Waals surface area (Å²) in [4.78, 5) is 11.2. The summed E-state index contributed by atoms with van der Waals surface area (Å²) < 4.78 is 1.85. The van der Waals surface area contributed by atoms with Gasteiger partial charge < -0.3 is 15.4 Å². The molecule has 0 bridgehead atoms. The van der Waals surface area contributed by atoms with Gasteiger partial charge in [0.15, 0.2) is 0 Å². The summed E-state index contributed by atoms with van der Waals surface area (Å²) in [5.74, 6) is -0.922. The number of rotatable bonds is 3. The number of nitrogen functional groups attached to an aromatic ring is 1. The molecule has 0 aliphatic heterocycles. The zero-order valence-electron chi connectivity index (χ0n) is 9.55. The maximum atomic E-state index is 11.2. The van der Waals surface area contributed by atoms with E-state index >= 15 is 0 Å². The van der Waals surface area contributed by atoms with Crippen molar-refractivity contribution < 1.29 is 9.90 Å². The van der Waals surface area contributed by atoms with Crippen LogP contribution in [-0.4, -0.2) is 15.6 Å². The number of hydrogen-bond donors (Lipinski definition) is 2. The van der Waals surface area contributed by atoms with Crippen molar-refractivity contribution in [2.24, 2.45) is 0 Å². The molecule has 0 amide bonds. The molecule has 4 nitrogen and oxygen atoms in total. The molecular formula is C13H14N2O2. The van der Waals surface area contributed by atoms with Gasteiger partial charge in [0.2, 0.25) is 0 Å². The van der Waals surface area contributed by atoms with Crippen LogP contribution in [0.1, 0.15) is 17.3 Å². The van der Waals surface area contributed by atoms with Gasteiger partial charge in [-0.1, -0.05) is 12.1 Å². The molecule has 17 heavy (non-hydrogen) atoms. The average molecular weight is 230 g/mol. The number of nitrogens with zero attached hydrogens (tertiary/aromatic N) is 1. The molecule has 0 atom stereocenters. The van der Waals surface area contributed by atoms with Crippen molar-refractivity contribution in [1.82, 2.24) is 4.57 Å². The molecule has 1 aromatic carbocycles. The molecule has 1 heterocycles. The van der Waals surface area contributed by atoms with Crippen LogP contribution in [0.5, 0.6) is 0 Å². The Labute approximate surface area is 99.3 Å². The van der Waals surface area contributed by atoms with Crippen LogP contribution in [0.15, 0.2) is 36.7 Å². The molecule has 0 spiro atoms. The van der Waals surface area contributed by atoms with E-state index in [1.165, 1.54) is 0 Å². The zero-order chi connectivity index (χ0) is 12.4. The third-order valence-electron chi connectivity index (χ3n) is 2.67. The fourth-order valence-corrected chi connectivity index (χ4v) is 1.80. The number of carbonyl (C=O) groups is 1. The molecule has 2 aromatic rings. The highest BCUT2D eigenvalue weighted by atomic mass is 16.4. The SMILES string of the molecule is CCn1cc(C(=O)O)c(-c2cccc(N)c2)c1. The number of anilines is 1. The van der Waals surface area contributed by atoms with Gasteiger partial charge in [-0.15, -0.1) is 0 Å². The summed E-state index contributed by atoms with van der Waals surface area (Å²) in [6.07, 6.45) is 3.47. The van der Waals surface area contributed by atoms with Gasteiger partial charge in [0, 0.05) is 30.2 Å². The Bertz CT molecular complexity index is 558. The lowest BCUT2D eigenvalue weighted by atomic mass is 10.0. The second-order valence-electron chi connectivity index (χ2n) is 3.85. The first-order chi connectivity index (χ1) is 8.11. The average Bonchev–Trinajstić information content (AvgIpc) is 2.73. The van der Waals surface area contributed by atoms with Crippen LogP contribution in [0, 0.1) is 0 Å². The zero-order valence-corrected chi connectivity index (χ0v) is 9.55. The van der Waals surface area contributed by atoms with E-state index in [9.17, 15) is 4.79 Å². The molecule has 0 radical (unpaired) electrons. The molecule has 2 rings (SSSR count). The minimum atomic E-state index is -0.922. The van der Waals surface area contributed by atoms with Crippen LogP contribution in [0.25, 0.3) is 11.1 Å². The number of hydrogen-bond acceptors (Lipinski definition) is 2. The molecule has 0 saturated carbocycles. The standard InChI is InChI=1S/C13H14N2O2/c1-2-15-7-11(12(8-15)13(16)17)9-4-3-5-10(14)6-9/h3-8H,2,14H2,1H3,(H,16,17). The lowest BCUT2D eigenvalue weighted by Gasteiger charge is -2.01. The Kier molecular flexibility index (Phi) is 2.87. The van der Waals surface area contributed by atoms with Gasteiger partial charge in [-0.05, 0) is 24.6 Å². The van der Waals surface area contributed by atoms with E-state index in [1.807, 2.05) is 29.8 Å². The summed E-state index contributed by atoms with van der Waals surface area (Å²) in [7, 11) is 0. The number of aromatic carboxylic acids is 1. The maximum Gasteiger partial charge on any atom is 0.337 e. The van der Waals surface area contributed by atoms with Gasteiger partial charge in [0.25, 0.3) is 0 Å². The molecule has 0 saturated heterocycles. The van der Waals surface area contributed by atoms with Crippen molar-refractivity contribution in [2.75, 3.05) is 5.73 Å². The summed E-state index contributed by atoms with van der Waals surface area (Å²) in [6, 6.07) is 7.24. The fraction of sp³-hybridized carbons (Fsp3) is 0.154. The van der Waals surface area contributed by atoms with Crippen LogP contribution < -0.4 is 5.73 Å². The Hall–Kier alpha value is -2.23. The predicted octanol–water partition coefficient (Wildman–Crippen LogP) is 2.46. The number of carboxylic acids is 1. The quantitative estimate of drug-likeness (QED) is 0.796. The lowest BCUT2D eigenvalue weighted by molar-refractivity contribution is 0.0697. The number of aryl methyl sites for hydroxylation is 1. The monoisotopic (exact) mass is 230 g/mol. The van der Waals surface area contributed by atoms with Crippen molar-refractivity contribution in [3.05, 3.63) is 42.2 Å². The van der Waals surface area contributed by atoms with E-state index in [0.29, 0.717) is 16.8 Å². The third-order valence-corrected chi connectivity index (χ3v) is 2.67. The molecule has 4 heteroatoms. The Morgan fingerprint density at radius 2 is 2.18 bits per heavy atom. The number of benzene rings is 1. The minimum absolute atomic E-state index is 0.303. The van der Waals surface area contributed by atoms with Crippen molar-refractivity contribution in [1.29, 1.82) is 0 Å². The third kappa shape index (κ3) is 2.15. The molecule has 0 unspecified atom stereocenters. The number of carboxylic acid groups (broad SMARTS) is 1. The van der Waals surface area contributed by atoms with E-state index < -0.39 is 5.97 Å². The highest BCUT2D eigenvalue weighted by Gasteiger charge is 2.14. The first-order valence-corrected chi connectivity index (χ1v) is 5.40. The van der Waals surface area contributed by atoms with Crippen LogP contribution in [0.3, 0.4) is 0 Å². The molecule has 0 aliphatic rings. The molecule has 3 N–H and O–H groups in total. The summed E-state index contributed by atoms with van der Waals surface area (Å²) >= 11 is 0. The first-order valence-electron chi connectivity index (χ1n) is 5.40. The normalized spacial score (nSPS) is 10.4. The topological polar surface area (TPSA) is 68.2 Å². The second-order valence-corrected chi connectivity index (χ2v) is 3.85. The molecule has 1 aromatic heterocycles. The fourth-order valence-electron chi connectivity index (χ4n) is 1.80. The van der Waals surface area contributed by atoms with Crippen molar-refractivity contribution >= 4 is 11.7 Å². The Balaban J connectivity index is 2.57. The van der Waals surface area contributed by atoms with E-state index in [0.717, 1.165) is 12.1 Å². The molecular weight excluding hydrogens is 216 g/mol. The largest absolute Gasteiger partial charge is 0.478 e.